The SMILES string of the molecule is C=[CH][K].F[B-](F)(F)F. The molecule has 0 N–H and O–H groups in total. The zero-order valence-corrected chi connectivity index (χ0v) is 7.50. The van der Waals surface area contributed by atoms with Crippen LogP contribution in [0.3, 0.4) is 0 Å². The van der Waals surface area contributed by atoms with Gasteiger partial charge in [-0.25, -0.2) is 0 Å². The minimum absolute atomic E-state index is 0.868. The van der Waals surface area contributed by atoms with E-state index in [0.29, 0.717) is 0 Å². The summed E-state index contributed by atoms with van der Waals surface area (Å²) in [6.45, 7) is 3.44. The van der Waals surface area contributed by atoms with E-state index < -0.39 is 7.25 Å². The molecule has 0 aliphatic heterocycles. The van der Waals surface area contributed by atoms with Gasteiger partial charge in [0, 0.05) is 0 Å². The summed E-state index contributed by atoms with van der Waals surface area (Å²) < 4.78 is 40.9. The molecule has 8 heavy (non-hydrogen) atoms. The zero-order chi connectivity index (χ0) is 7.21. The van der Waals surface area contributed by atoms with E-state index in [-0.39, 0.29) is 0 Å². The maximum absolute atomic E-state index is 9.75. The Bertz CT molecular complexity index is 53.5. The molecule has 0 radical (unpaired) electrons. The van der Waals surface area contributed by atoms with Gasteiger partial charge >= 0.3 is 63.0 Å². The van der Waals surface area contributed by atoms with Crippen molar-refractivity contribution in [2.24, 2.45) is 0 Å². The summed E-state index contributed by atoms with van der Waals surface area (Å²) in [5.74, 6) is 0. The van der Waals surface area contributed by atoms with Gasteiger partial charge in [0.1, 0.15) is 0 Å². The molecule has 0 aromatic rings. The van der Waals surface area contributed by atoms with Crippen LogP contribution in [0.1, 0.15) is 0 Å². The van der Waals surface area contributed by atoms with Crippen LogP contribution in [-0.2, 0) is 0 Å². The average molecular weight is 153 g/mol. The summed E-state index contributed by atoms with van der Waals surface area (Å²) in [4.78, 5) is 0. The molecule has 0 heterocycles. The van der Waals surface area contributed by atoms with Crippen LogP contribution in [0.2, 0.25) is 0 Å². The number of hydrogen-bond donors (Lipinski definition) is 0. The first-order valence-electron chi connectivity index (χ1n) is 1.86. The molecule has 0 aliphatic carbocycles. The average Bonchev–Trinajstić information content (AvgIpc) is 1.27. The van der Waals surface area contributed by atoms with Gasteiger partial charge in [-0.2, -0.15) is 0 Å². The molecule has 0 unspecified atom stereocenters. The van der Waals surface area contributed by atoms with Gasteiger partial charge in [0.2, 0.25) is 0 Å². The number of rotatable bonds is 0. The molecular weight excluding hydrogens is 150 g/mol. The Hall–Kier alpha value is 1.16. The van der Waals surface area contributed by atoms with Gasteiger partial charge in [-0.1, -0.05) is 0 Å². The topological polar surface area (TPSA) is 0 Å². The van der Waals surface area contributed by atoms with Crippen LogP contribution < -0.4 is 0 Å². The quantitative estimate of drug-likeness (QED) is 0.366. The van der Waals surface area contributed by atoms with Crippen molar-refractivity contribution in [3.63, 3.8) is 0 Å². The van der Waals surface area contributed by atoms with E-state index in [9.17, 15) is 17.3 Å². The summed E-state index contributed by atoms with van der Waals surface area (Å²) >= 11 is 0.868. The van der Waals surface area contributed by atoms with Crippen molar-refractivity contribution in [2.75, 3.05) is 0 Å². The molecule has 0 spiro atoms. The Labute approximate surface area is 79.0 Å². The minimum atomic E-state index is -6.00. The van der Waals surface area contributed by atoms with E-state index in [1.807, 2.05) is 0.171 Å². The Balaban J connectivity index is 0. The van der Waals surface area contributed by atoms with Gasteiger partial charge in [0.05, 0.1) is 0 Å². The third kappa shape index (κ3) is 202. The molecule has 0 nitrogen and oxygen atoms in total. The summed E-state index contributed by atoms with van der Waals surface area (Å²) in [5, 5.41) is 0. The van der Waals surface area contributed by atoms with E-state index in [1.54, 1.807) is 0 Å². The molecule has 0 fully saturated rings. The van der Waals surface area contributed by atoms with Crippen molar-refractivity contribution in [1.29, 1.82) is 0 Å². The molecule has 44 valence electrons. The van der Waals surface area contributed by atoms with Crippen LogP contribution in [-0.4, -0.2) is 56.2 Å². The molecule has 0 aromatic heterocycles. The van der Waals surface area contributed by atoms with Gasteiger partial charge < -0.3 is 17.3 Å². The number of hydrogen-bond acceptors (Lipinski definition) is 0. The maximum Gasteiger partial charge on any atom is 0.673 e. The molecule has 0 amide bonds. The van der Waals surface area contributed by atoms with Gasteiger partial charge in [0.15, 0.2) is 0 Å². The maximum atomic E-state index is 9.75. The summed E-state index contributed by atoms with van der Waals surface area (Å²) in [7, 11) is -6.00. The standard InChI is InChI=1S/C2H3.BF4.K/c1-2;2-1(3,4)5;/h1H,2H2;;/q;-1;. The summed E-state index contributed by atoms with van der Waals surface area (Å²) in [6, 6.07) is 0. The van der Waals surface area contributed by atoms with Crippen molar-refractivity contribution in [3.8, 4) is 0 Å². The first-order valence-corrected chi connectivity index (χ1v) is 3.66. The van der Waals surface area contributed by atoms with Gasteiger partial charge in [0.25, 0.3) is 0 Å². The summed E-state index contributed by atoms with van der Waals surface area (Å²) in [5.41, 5.74) is 0. The van der Waals surface area contributed by atoms with Gasteiger partial charge in [-0.15, -0.1) is 0 Å². The van der Waals surface area contributed by atoms with Crippen molar-refractivity contribution in [2.45, 2.75) is 0 Å². The normalized spacial score (nSPS) is 9.25. The predicted molar refractivity (Wildman–Crippen MR) is 26.1 cm³/mol. The molecule has 0 saturated carbocycles. The molecule has 0 rings (SSSR count). The Kier molecular flexibility index (Phi) is 9.35. The van der Waals surface area contributed by atoms with Crippen molar-refractivity contribution in [3.05, 3.63) is 6.75 Å². The molecule has 0 aliphatic rings. The third-order valence-corrected chi connectivity index (χ3v) is 0. The minimum Gasteiger partial charge on any atom is -0.418 e. The first-order chi connectivity index (χ1) is 3.41. The summed E-state index contributed by atoms with van der Waals surface area (Å²) in [6.07, 6.45) is 0. The van der Waals surface area contributed by atoms with Crippen LogP contribution in [0.5, 0.6) is 0 Å². The molecular formula is C2H3BF4K-. The van der Waals surface area contributed by atoms with Crippen molar-refractivity contribution >= 4 is 56.2 Å². The van der Waals surface area contributed by atoms with Gasteiger partial charge in [-0.3, -0.25) is 0 Å². The van der Waals surface area contributed by atoms with E-state index in [2.05, 4.69) is 6.58 Å². The smallest absolute Gasteiger partial charge is 0.418 e. The van der Waals surface area contributed by atoms with Crippen molar-refractivity contribution < 1.29 is 17.3 Å². The van der Waals surface area contributed by atoms with Crippen LogP contribution >= 0.6 is 0 Å². The van der Waals surface area contributed by atoms with E-state index >= 15 is 0 Å². The van der Waals surface area contributed by atoms with Gasteiger partial charge in [-0.05, 0) is 0 Å². The fraction of sp³-hybridized carbons (Fsp3) is 0. The fourth-order valence-corrected chi connectivity index (χ4v) is 0. The Morgan fingerprint density at radius 2 is 1.25 bits per heavy atom. The molecule has 0 bridgehead atoms. The van der Waals surface area contributed by atoms with Crippen LogP contribution in [0.15, 0.2) is 6.75 Å². The Morgan fingerprint density at radius 3 is 1.25 bits per heavy atom. The zero-order valence-electron chi connectivity index (χ0n) is 4.37. The second-order valence-corrected chi connectivity index (χ2v) is 2.18. The Morgan fingerprint density at radius 1 is 1.25 bits per heavy atom. The third-order valence-electron chi connectivity index (χ3n) is 0. The largest absolute Gasteiger partial charge is 0.673 e. The van der Waals surface area contributed by atoms with Crippen LogP contribution in [0, 0.1) is 0 Å². The second kappa shape index (κ2) is 6.28. The van der Waals surface area contributed by atoms with E-state index in [1.165, 1.54) is 0 Å². The monoisotopic (exact) mass is 153 g/mol. The second-order valence-electron chi connectivity index (χ2n) is 0.903. The predicted octanol–water partition coefficient (Wildman–Crippen LogP) is 1.60. The van der Waals surface area contributed by atoms with Crippen molar-refractivity contribution in [1.82, 2.24) is 0 Å². The fourth-order valence-electron chi connectivity index (χ4n) is 0. The molecule has 0 aromatic carbocycles. The van der Waals surface area contributed by atoms with Crippen LogP contribution in [0.25, 0.3) is 0 Å². The van der Waals surface area contributed by atoms with Crippen LogP contribution in [0.4, 0.5) is 17.3 Å². The first kappa shape index (κ1) is 11.9. The van der Waals surface area contributed by atoms with E-state index in [4.69, 9.17) is 0 Å². The number of halogens is 4. The molecule has 6 heteroatoms. The van der Waals surface area contributed by atoms with E-state index in [0.717, 1.165) is 49.0 Å². The molecule has 0 atom stereocenters. The molecule has 0 saturated heterocycles.